The van der Waals surface area contributed by atoms with Gasteiger partial charge in [-0.05, 0) is 39.2 Å². The Balaban J connectivity index is 2.90. The molecule has 0 aromatic heterocycles. The van der Waals surface area contributed by atoms with Crippen molar-refractivity contribution >= 4 is 6.29 Å². The van der Waals surface area contributed by atoms with Gasteiger partial charge in [0, 0.05) is 5.92 Å². The van der Waals surface area contributed by atoms with Gasteiger partial charge in [-0.25, -0.2) is 0 Å². The maximum absolute atomic E-state index is 10.7. The Labute approximate surface area is 73.3 Å². The van der Waals surface area contributed by atoms with Crippen LogP contribution in [0.5, 0.6) is 0 Å². The van der Waals surface area contributed by atoms with Gasteiger partial charge in [0.05, 0.1) is 5.60 Å². The third-order valence-corrected chi connectivity index (χ3v) is 2.66. The van der Waals surface area contributed by atoms with E-state index in [1.165, 1.54) is 0 Å². The highest BCUT2D eigenvalue weighted by molar-refractivity contribution is 5.76. The van der Waals surface area contributed by atoms with E-state index in [2.05, 4.69) is 0 Å². The molecular formula is C10H16O2. The quantitative estimate of drug-likeness (QED) is 0.637. The lowest BCUT2D eigenvalue weighted by Gasteiger charge is -2.26. The molecule has 0 aromatic rings. The van der Waals surface area contributed by atoms with Gasteiger partial charge in [0.25, 0.3) is 0 Å². The van der Waals surface area contributed by atoms with Crippen molar-refractivity contribution in [1.82, 2.24) is 0 Å². The second-order valence-corrected chi connectivity index (χ2v) is 4.10. The van der Waals surface area contributed by atoms with Crippen molar-refractivity contribution in [1.29, 1.82) is 0 Å². The number of hydrogen-bond donors (Lipinski definition) is 1. The first-order valence-corrected chi connectivity index (χ1v) is 4.34. The molecule has 2 nitrogen and oxygen atoms in total. The van der Waals surface area contributed by atoms with Crippen LogP contribution in [0.1, 0.15) is 33.6 Å². The Morgan fingerprint density at radius 3 is 2.50 bits per heavy atom. The zero-order valence-electron chi connectivity index (χ0n) is 7.92. The van der Waals surface area contributed by atoms with Crippen LogP contribution in [0.25, 0.3) is 0 Å². The summed E-state index contributed by atoms with van der Waals surface area (Å²) >= 11 is 0. The highest BCUT2D eigenvalue weighted by Crippen LogP contribution is 2.37. The van der Waals surface area contributed by atoms with E-state index >= 15 is 0 Å². The van der Waals surface area contributed by atoms with Crippen molar-refractivity contribution in [3.05, 3.63) is 11.1 Å². The minimum Gasteiger partial charge on any atom is -0.390 e. The molecule has 1 atom stereocenters. The molecule has 0 unspecified atom stereocenters. The van der Waals surface area contributed by atoms with E-state index in [0.29, 0.717) is 0 Å². The molecule has 1 rings (SSSR count). The van der Waals surface area contributed by atoms with Crippen molar-refractivity contribution in [3.8, 4) is 0 Å². The van der Waals surface area contributed by atoms with E-state index in [1.54, 1.807) is 13.8 Å². The van der Waals surface area contributed by atoms with Crippen LogP contribution < -0.4 is 0 Å². The molecule has 0 saturated heterocycles. The molecule has 68 valence electrons. The van der Waals surface area contributed by atoms with Crippen molar-refractivity contribution in [2.45, 2.75) is 39.2 Å². The molecule has 1 aliphatic carbocycles. The van der Waals surface area contributed by atoms with Crippen LogP contribution >= 0.6 is 0 Å². The number of aldehydes is 1. The lowest BCUT2D eigenvalue weighted by molar-refractivity contribution is -0.106. The standard InChI is InChI=1S/C10H16O2/c1-7-4-5-9(8(7)6-11)10(2,3)12/h6,9,12H,4-5H2,1-3H3/t9-/m1/s1. The van der Waals surface area contributed by atoms with Gasteiger partial charge in [-0.2, -0.15) is 0 Å². The Morgan fingerprint density at radius 1 is 1.58 bits per heavy atom. The fourth-order valence-electron chi connectivity index (χ4n) is 1.87. The second kappa shape index (κ2) is 3.02. The predicted molar refractivity (Wildman–Crippen MR) is 47.8 cm³/mol. The molecule has 0 bridgehead atoms. The monoisotopic (exact) mass is 168 g/mol. The average molecular weight is 168 g/mol. The minimum atomic E-state index is -0.756. The molecule has 1 N–H and O–H groups in total. The van der Waals surface area contributed by atoms with E-state index < -0.39 is 5.60 Å². The average Bonchev–Trinajstić information content (AvgIpc) is 2.29. The first kappa shape index (κ1) is 9.46. The van der Waals surface area contributed by atoms with Crippen molar-refractivity contribution < 1.29 is 9.90 Å². The topological polar surface area (TPSA) is 37.3 Å². The smallest absolute Gasteiger partial charge is 0.146 e. The van der Waals surface area contributed by atoms with Crippen LogP contribution in [0.15, 0.2) is 11.1 Å². The van der Waals surface area contributed by atoms with Crippen LogP contribution in [0.3, 0.4) is 0 Å². The van der Waals surface area contributed by atoms with E-state index in [-0.39, 0.29) is 5.92 Å². The summed E-state index contributed by atoms with van der Waals surface area (Å²) in [5.74, 6) is 0.0370. The summed E-state index contributed by atoms with van der Waals surface area (Å²) in [5, 5.41) is 9.74. The number of carbonyl (C=O) groups excluding carboxylic acids is 1. The molecule has 0 saturated carbocycles. The largest absolute Gasteiger partial charge is 0.390 e. The molecule has 0 spiro atoms. The molecule has 0 aliphatic heterocycles. The molecule has 1 aliphatic rings. The Kier molecular flexibility index (Phi) is 2.38. The number of aliphatic hydroxyl groups is 1. The van der Waals surface area contributed by atoms with Gasteiger partial charge in [-0.15, -0.1) is 0 Å². The molecule has 0 fully saturated rings. The molecular weight excluding hydrogens is 152 g/mol. The molecule has 0 heterocycles. The maximum Gasteiger partial charge on any atom is 0.146 e. The lowest BCUT2D eigenvalue weighted by Crippen LogP contribution is -2.30. The second-order valence-electron chi connectivity index (χ2n) is 4.10. The number of allylic oxidation sites excluding steroid dienone is 1. The Morgan fingerprint density at radius 2 is 2.17 bits per heavy atom. The lowest BCUT2D eigenvalue weighted by atomic mass is 9.86. The summed E-state index contributed by atoms with van der Waals surface area (Å²) in [4.78, 5) is 10.7. The van der Waals surface area contributed by atoms with E-state index in [0.717, 1.165) is 30.3 Å². The van der Waals surface area contributed by atoms with Gasteiger partial charge in [0.15, 0.2) is 0 Å². The third kappa shape index (κ3) is 1.58. The molecule has 12 heavy (non-hydrogen) atoms. The number of rotatable bonds is 2. The van der Waals surface area contributed by atoms with Crippen LogP contribution in [-0.4, -0.2) is 17.0 Å². The minimum absolute atomic E-state index is 0.0370. The van der Waals surface area contributed by atoms with Gasteiger partial charge in [-0.3, -0.25) is 4.79 Å². The first-order valence-electron chi connectivity index (χ1n) is 4.34. The summed E-state index contributed by atoms with van der Waals surface area (Å²) in [5.41, 5.74) is 1.19. The summed E-state index contributed by atoms with van der Waals surface area (Å²) in [6, 6.07) is 0. The van der Waals surface area contributed by atoms with Crippen LogP contribution in [0.4, 0.5) is 0 Å². The van der Waals surface area contributed by atoms with Crippen LogP contribution in [0, 0.1) is 5.92 Å². The van der Waals surface area contributed by atoms with Crippen molar-refractivity contribution in [3.63, 3.8) is 0 Å². The van der Waals surface area contributed by atoms with E-state index in [1.807, 2.05) is 6.92 Å². The summed E-state index contributed by atoms with van der Waals surface area (Å²) < 4.78 is 0. The highest BCUT2D eigenvalue weighted by atomic mass is 16.3. The van der Waals surface area contributed by atoms with Crippen molar-refractivity contribution in [2.75, 3.05) is 0 Å². The van der Waals surface area contributed by atoms with E-state index in [9.17, 15) is 9.90 Å². The fourth-order valence-corrected chi connectivity index (χ4v) is 1.87. The highest BCUT2D eigenvalue weighted by Gasteiger charge is 2.34. The van der Waals surface area contributed by atoms with Crippen molar-refractivity contribution in [2.24, 2.45) is 5.92 Å². The SMILES string of the molecule is CC1=C(C=O)[C@H](C(C)(C)O)CC1. The zero-order valence-corrected chi connectivity index (χ0v) is 7.92. The van der Waals surface area contributed by atoms with E-state index in [4.69, 9.17) is 0 Å². The number of hydrogen-bond acceptors (Lipinski definition) is 2. The summed E-state index contributed by atoms with van der Waals surface area (Å²) in [6.45, 7) is 5.50. The van der Waals surface area contributed by atoms with Crippen LogP contribution in [0.2, 0.25) is 0 Å². The third-order valence-electron chi connectivity index (χ3n) is 2.66. The Bertz CT molecular complexity index is 220. The van der Waals surface area contributed by atoms with Gasteiger partial charge in [0.2, 0.25) is 0 Å². The number of carbonyl (C=O) groups is 1. The summed E-state index contributed by atoms with van der Waals surface area (Å²) in [7, 11) is 0. The fraction of sp³-hybridized carbons (Fsp3) is 0.700. The zero-order chi connectivity index (χ0) is 9.35. The van der Waals surface area contributed by atoms with Crippen LogP contribution in [-0.2, 0) is 4.79 Å². The molecule has 0 amide bonds. The predicted octanol–water partition coefficient (Wildman–Crippen LogP) is 1.68. The van der Waals surface area contributed by atoms with Gasteiger partial charge < -0.3 is 5.11 Å². The molecule has 2 heteroatoms. The first-order chi connectivity index (χ1) is 5.46. The molecule has 0 radical (unpaired) electrons. The Hall–Kier alpha value is -0.630. The maximum atomic E-state index is 10.7. The van der Waals surface area contributed by atoms with Gasteiger partial charge in [-0.1, -0.05) is 5.57 Å². The molecule has 0 aromatic carbocycles. The summed E-state index contributed by atoms with van der Waals surface area (Å²) in [6.07, 6.45) is 2.75. The van der Waals surface area contributed by atoms with Gasteiger partial charge in [0.1, 0.15) is 6.29 Å². The normalized spacial score (nSPS) is 24.8. The van der Waals surface area contributed by atoms with Gasteiger partial charge >= 0.3 is 0 Å².